The first-order chi connectivity index (χ1) is 15.1. The molecular weight excluding hydrogens is 406 g/mol. The molecule has 0 spiro atoms. The number of nitrogens with zero attached hydrogens (tertiary/aromatic N) is 3. The van der Waals surface area contributed by atoms with E-state index in [4.69, 9.17) is 0 Å². The Labute approximate surface area is 185 Å². The predicted molar refractivity (Wildman–Crippen MR) is 125 cm³/mol. The molecule has 0 bridgehead atoms. The average molecular weight is 430 g/mol. The molecule has 4 aromatic rings. The zero-order valence-electron chi connectivity index (χ0n) is 17.5. The van der Waals surface area contributed by atoms with Gasteiger partial charge < -0.3 is 0 Å². The van der Waals surface area contributed by atoms with E-state index in [-0.39, 0.29) is 17.1 Å². The number of fused-ring (bicyclic) bond motifs is 1. The molecule has 0 amide bonds. The second kappa shape index (κ2) is 9.27. The van der Waals surface area contributed by atoms with Crippen LogP contribution < -0.4 is 5.56 Å². The smallest absolute Gasteiger partial charge is 0.267 e. The summed E-state index contributed by atoms with van der Waals surface area (Å²) in [6.45, 7) is 4.08. The van der Waals surface area contributed by atoms with Gasteiger partial charge in [-0.3, -0.25) is 9.59 Å². The van der Waals surface area contributed by atoms with Gasteiger partial charge in [0.15, 0.2) is 10.9 Å². The Morgan fingerprint density at radius 1 is 1.03 bits per heavy atom. The van der Waals surface area contributed by atoms with Crippen LogP contribution in [0.1, 0.15) is 34.8 Å². The van der Waals surface area contributed by atoms with Crippen molar-refractivity contribution in [1.82, 2.24) is 14.5 Å². The fourth-order valence-corrected chi connectivity index (χ4v) is 4.26. The van der Waals surface area contributed by atoms with Crippen LogP contribution in [0.2, 0.25) is 0 Å². The minimum atomic E-state index is -0.194. The monoisotopic (exact) mass is 429 g/mol. The predicted octanol–water partition coefficient (Wildman–Crippen LogP) is 5.02. The maximum atomic E-state index is 13.2. The van der Waals surface area contributed by atoms with E-state index in [1.165, 1.54) is 21.9 Å². The summed E-state index contributed by atoms with van der Waals surface area (Å²) in [7, 11) is 0. The molecule has 0 fully saturated rings. The Hall–Kier alpha value is -3.25. The van der Waals surface area contributed by atoms with Crippen molar-refractivity contribution in [2.24, 2.45) is 0 Å². The molecule has 156 valence electrons. The largest absolute Gasteiger partial charge is 0.293 e. The zero-order valence-corrected chi connectivity index (χ0v) is 18.4. The summed E-state index contributed by atoms with van der Waals surface area (Å²) in [6, 6.07) is 18.7. The first-order valence-electron chi connectivity index (χ1n) is 10.3. The van der Waals surface area contributed by atoms with Gasteiger partial charge in [-0.05, 0) is 42.7 Å². The minimum Gasteiger partial charge on any atom is -0.293 e. The molecule has 31 heavy (non-hydrogen) atoms. The molecule has 5 nitrogen and oxygen atoms in total. The molecule has 0 aliphatic carbocycles. The van der Waals surface area contributed by atoms with Crippen molar-refractivity contribution < 1.29 is 4.79 Å². The first-order valence-corrected chi connectivity index (χ1v) is 11.2. The summed E-state index contributed by atoms with van der Waals surface area (Å²) in [5, 5.41) is 0.975. The maximum Gasteiger partial charge on any atom is 0.267 e. The molecule has 6 heteroatoms. The lowest BCUT2D eigenvalue weighted by molar-refractivity contribution is 0.102. The van der Waals surface area contributed by atoms with E-state index in [1.54, 1.807) is 18.3 Å². The summed E-state index contributed by atoms with van der Waals surface area (Å²) in [4.78, 5) is 35.1. The Morgan fingerprint density at radius 2 is 1.81 bits per heavy atom. The number of Topliss-reactive ketones (excluding diaryl/α,β-unsaturated/α-hetero) is 1. The van der Waals surface area contributed by atoms with Gasteiger partial charge in [-0.1, -0.05) is 67.6 Å². The lowest BCUT2D eigenvalue weighted by atomic mass is 10.1. The number of hydrogen-bond acceptors (Lipinski definition) is 5. The molecule has 0 aliphatic heterocycles. The molecule has 4 rings (SSSR count). The standard InChI is InChI=1S/C25H23N3O2S/c1-3-6-18-10-12-19(13-11-18)22(29)16-31-25-27-21-8-5-4-7-20(21)24(30)28(25)23-14-9-17(2)15-26-23/h4-5,7-15H,3,6,16H2,1-2H3. The second-order valence-electron chi connectivity index (χ2n) is 7.40. The van der Waals surface area contributed by atoms with E-state index in [9.17, 15) is 9.59 Å². The third kappa shape index (κ3) is 4.59. The van der Waals surface area contributed by atoms with Crippen LogP contribution in [0.5, 0.6) is 0 Å². The second-order valence-corrected chi connectivity index (χ2v) is 8.35. The molecular formula is C25H23N3O2S. The molecule has 0 saturated carbocycles. The van der Waals surface area contributed by atoms with E-state index in [1.807, 2.05) is 55.5 Å². The van der Waals surface area contributed by atoms with E-state index in [0.717, 1.165) is 18.4 Å². The van der Waals surface area contributed by atoms with Crippen molar-refractivity contribution in [2.75, 3.05) is 5.75 Å². The number of rotatable bonds is 7. The molecule has 0 unspecified atom stereocenters. The third-order valence-corrected chi connectivity index (χ3v) is 5.96. The van der Waals surface area contributed by atoms with Gasteiger partial charge in [-0.2, -0.15) is 0 Å². The number of para-hydroxylation sites is 1. The number of thioether (sulfide) groups is 1. The van der Waals surface area contributed by atoms with Crippen LogP contribution in [0.25, 0.3) is 16.7 Å². The molecule has 2 heterocycles. The minimum absolute atomic E-state index is 0.00105. The number of pyridine rings is 1. The van der Waals surface area contributed by atoms with Crippen LogP contribution in [0.3, 0.4) is 0 Å². The van der Waals surface area contributed by atoms with Crippen LogP contribution in [0.4, 0.5) is 0 Å². The summed E-state index contributed by atoms with van der Waals surface area (Å²) in [5.74, 6) is 0.677. The van der Waals surface area contributed by atoms with Crippen LogP contribution in [0.15, 0.2) is 76.8 Å². The summed E-state index contributed by atoms with van der Waals surface area (Å²) in [6.07, 6.45) is 3.79. The van der Waals surface area contributed by atoms with E-state index in [2.05, 4.69) is 16.9 Å². The van der Waals surface area contributed by atoms with Crippen molar-refractivity contribution in [3.63, 3.8) is 0 Å². The van der Waals surface area contributed by atoms with Gasteiger partial charge in [0.2, 0.25) is 0 Å². The number of ketones is 1. The number of benzene rings is 2. The highest BCUT2D eigenvalue weighted by molar-refractivity contribution is 7.99. The first kappa shape index (κ1) is 21.0. The molecule has 0 N–H and O–H groups in total. The SMILES string of the molecule is CCCc1ccc(C(=O)CSc2nc3ccccc3c(=O)n2-c2ccc(C)cn2)cc1. The van der Waals surface area contributed by atoms with Crippen LogP contribution in [0, 0.1) is 6.92 Å². The summed E-state index contributed by atoms with van der Waals surface area (Å²) >= 11 is 1.25. The summed E-state index contributed by atoms with van der Waals surface area (Å²) in [5.41, 5.74) is 3.30. The van der Waals surface area contributed by atoms with Crippen LogP contribution in [-0.4, -0.2) is 26.1 Å². The molecule has 2 aromatic heterocycles. The molecule has 2 aromatic carbocycles. The van der Waals surface area contributed by atoms with Gasteiger partial charge in [-0.25, -0.2) is 14.5 Å². The van der Waals surface area contributed by atoms with E-state index < -0.39 is 0 Å². The van der Waals surface area contributed by atoms with Crippen molar-refractivity contribution in [3.05, 3.63) is 93.9 Å². The van der Waals surface area contributed by atoms with Gasteiger partial charge >= 0.3 is 0 Å². The van der Waals surface area contributed by atoms with Gasteiger partial charge in [0.25, 0.3) is 5.56 Å². The lowest BCUT2D eigenvalue weighted by Gasteiger charge is -2.12. The fraction of sp³-hybridized carbons (Fsp3) is 0.200. The van der Waals surface area contributed by atoms with E-state index in [0.29, 0.717) is 27.4 Å². The van der Waals surface area contributed by atoms with Crippen LogP contribution >= 0.6 is 11.8 Å². The molecule has 0 saturated heterocycles. The molecule has 0 aliphatic rings. The van der Waals surface area contributed by atoms with Crippen molar-refractivity contribution in [3.8, 4) is 5.82 Å². The molecule has 0 atom stereocenters. The molecule has 0 radical (unpaired) electrons. The Kier molecular flexibility index (Phi) is 6.28. The maximum absolute atomic E-state index is 13.2. The number of carbonyl (C=O) groups excluding carboxylic acids is 1. The number of carbonyl (C=O) groups is 1. The van der Waals surface area contributed by atoms with Gasteiger partial charge in [0, 0.05) is 11.8 Å². The normalized spacial score (nSPS) is 11.0. The topological polar surface area (TPSA) is 64.8 Å². The fourth-order valence-electron chi connectivity index (χ4n) is 3.36. The Bertz CT molecular complexity index is 1280. The Balaban J connectivity index is 1.67. The summed E-state index contributed by atoms with van der Waals surface area (Å²) < 4.78 is 1.49. The highest BCUT2D eigenvalue weighted by Crippen LogP contribution is 2.22. The number of aromatic nitrogens is 3. The average Bonchev–Trinajstić information content (AvgIpc) is 2.79. The van der Waals surface area contributed by atoms with Gasteiger partial charge in [0.1, 0.15) is 5.82 Å². The number of hydrogen-bond donors (Lipinski definition) is 0. The van der Waals surface area contributed by atoms with Crippen molar-refractivity contribution in [2.45, 2.75) is 31.8 Å². The Morgan fingerprint density at radius 3 is 2.52 bits per heavy atom. The highest BCUT2D eigenvalue weighted by atomic mass is 32.2. The van der Waals surface area contributed by atoms with Crippen LogP contribution in [-0.2, 0) is 6.42 Å². The third-order valence-electron chi connectivity index (χ3n) is 5.02. The van der Waals surface area contributed by atoms with Crippen molar-refractivity contribution in [1.29, 1.82) is 0 Å². The van der Waals surface area contributed by atoms with Crippen molar-refractivity contribution >= 4 is 28.4 Å². The van der Waals surface area contributed by atoms with E-state index >= 15 is 0 Å². The van der Waals surface area contributed by atoms with Gasteiger partial charge in [0.05, 0.1) is 16.7 Å². The zero-order chi connectivity index (χ0) is 21.8. The van der Waals surface area contributed by atoms with Gasteiger partial charge in [-0.15, -0.1) is 0 Å². The number of aryl methyl sites for hydroxylation is 2. The lowest BCUT2D eigenvalue weighted by Crippen LogP contribution is -2.23. The highest BCUT2D eigenvalue weighted by Gasteiger charge is 2.16. The quantitative estimate of drug-likeness (QED) is 0.235.